The van der Waals surface area contributed by atoms with E-state index in [9.17, 15) is 0 Å². The molecule has 14 aromatic rings. The van der Waals surface area contributed by atoms with Crippen LogP contribution in [0.4, 0.5) is 0 Å². The lowest BCUT2D eigenvalue weighted by molar-refractivity contribution is -0.168. The lowest BCUT2D eigenvalue weighted by Crippen LogP contribution is -2.53. The van der Waals surface area contributed by atoms with Gasteiger partial charge in [0.15, 0.2) is 10.7 Å². The molecule has 0 spiro atoms. The maximum absolute atomic E-state index is 17.4. The number of hydrogen-bond donors (Lipinski definition) is 0. The first-order chi connectivity index (χ1) is 53.2. The molecular weight excluding hydrogens is 1420 g/mol. The molecule has 3 aliphatic carbocycles. The number of rotatable bonds is 20. The number of hydrogen-bond acceptors (Lipinski definition) is 20. The highest BCUT2D eigenvalue weighted by Crippen LogP contribution is 2.68. The summed E-state index contributed by atoms with van der Waals surface area (Å²) in [6.45, 7) is -3.25. The van der Waals surface area contributed by atoms with Crippen LogP contribution >= 0.6 is 22.7 Å². The van der Waals surface area contributed by atoms with Crippen LogP contribution in [0.3, 0.4) is 0 Å². The Morgan fingerprint density at radius 2 is 0.486 bits per heavy atom. The van der Waals surface area contributed by atoms with E-state index in [4.69, 9.17) is 38.4 Å². The molecule has 0 atom stereocenters. The fraction of sp³-hybridized carbons (Fsp3) is 0.101. The van der Waals surface area contributed by atoms with E-state index in [1.807, 2.05) is 0 Å². The van der Waals surface area contributed by atoms with Gasteiger partial charge in [-0.3, -0.25) is 47.9 Å². The lowest BCUT2D eigenvalue weighted by atomic mass is 9.67. The Balaban J connectivity index is 0.985. The summed E-state index contributed by atoms with van der Waals surface area (Å²) in [5, 5.41) is 0.954. The highest BCUT2D eigenvalue weighted by Gasteiger charge is 2.72. The van der Waals surface area contributed by atoms with Crippen LogP contribution in [0.2, 0.25) is 0 Å². The largest absolute Gasteiger partial charge is 0.459 e. The second kappa shape index (κ2) is 27.7. The zero-order valence-electron chi connectivity index (χ0n) is 57.4. The van der Waals surface area contributed by atoms with Crippen molar-refractivity contribution in [1.29, 1.82) is 0 Å². The minimum absolute atomic E-state index is 0.0204. The van der Waals surface area contributed by atoms with Crippen molar-refractivity contribution in [3.05, 3.63) is 383 Å². The quantitative estimate of drug-likeness (QED) is 0.0391. The zero-order valence-corrected chi connectivity index (χ0v) is 59.0. The highest BCUT2D eigenvalue weighted by molar-refractivity contribution is 7.24. The van der Waals surface area contributed by atoms with Gasteiger partial charge in [-0.05, 0) is 91.3 Å². The molecule has 0 unspecified atom stereocenters. The summed E-state index contributed by atoms with van der Waals surface area (Å²) in [5.41, 5.74) is -13.6. The third-order valence-corrected chi connectivity index (χ3v) is 22.5. The summed E-state index contributed by atoms with van der Waals surface area (Å²) in [4.78, 5) is 172. The van der Waals surface area contributed by atoms with E-state index in [1.165, 1.54) is 12.2 Å². The van der Waals surface area contributed by atoms with Crippen molar-refractivity contribution in [2.45, 2.75) is 55.9 Å². The van der Waals surface area contributed by atoms with Crippen LogP contribution in [-0.4, -0.2) is 35.8 Å². The smallest absolute Gasteiger partial charge is 0.334 e. The first kappa shape index (κ1) is 68.5. The normalized spacial score (nSPS) is 13.9. The molecule has 0 amide bonds. The van der Waals surface area contributed by atoms with E-state index >= 15 is 47.9 Å². The molecule has 0 radical (unpaired) electrons. The third-order valence-electron chi connectivity index (χ3n) is 20.1. The minimum Gasteiger partial charge on any atom is -0.459 e. The zero-order chi connectivity index (χ0) is 74.7. The van der Waals surface area contributed by atoms with Crippen LogP contribution in [0.25, 0.3) is 65.0 Å². The highest BCUT2D eigenvalue weighted by atomic mass is 32.1. The topological polar surface area (TPSA) is 251 Å². The summed E-state index contributed by atoms with van der Waals surface area (Å²) in [6, 6.07) is 71.0. The molecule has 0 saturated heterocycles. The number of ether oxygens (including phenoxy) is 6. The first-order valence-corrected chi connectivity index (χ1v) is 36.3. The molecule has 20 heteroatoms. The number of esters is 6. The monoisotopic (exact) mass is 1470 g/mol. The molecule has 2 heterocycles. The molecule has 18 nitrogen and oxygen atoms in total. The van der Waals surface area contributed by atoms with Crippen molar-refractivity contribution in [2.75, 3.05) is 0 Å². The van der Waals surface area contributed by atoms with Gasteiger partial charge in [0.2, 0.25) is 38.0 Å². The van der Waals surface area contributed by atoms with E-state index < -0.39 is 158 Å². The SMILES string of the molecule is O=C(OCc1ccccc1)C1(C(=O)OCc2ccccc2)C(N=c2c(=O)c3cc4ccccc4cc3c2=O)=Cc2sc3c(c21)C(C(=O)OCc1ccccc1)(C(=O)OCc1ccccc1)c1c-3sc2c1C(C(=O)OCc1ccccc1)(C(=O)OCc1ccccc1)C(N=c1c(=O)c3cc4ccccc4cc3c1=O)=C2. The van der Waals surface area contributed by atoms with Gasteiger partial charge in [-0.25, -0.2) is 9.98 Å². The lowest BCUT2D eigenvalue weighted by Gasteiger charge is -2.35. The molecule has 0 aliphatic heterocycles. The number of fused-ring (bicyclic) bond motifs is 11. The fourth-order valence-corrected chi connectivity index (χ4v) is 17.7. The number of nitrogens with zero attached hydrogens (tertiary/aromatic N) is 2. The van der Waals surface area contributed by atoms with Crippen molar-refractivity contribution >= 4 is 114 Å². The maximum Gasteiger partial charge on any atom is 0.334 e. The van der Waals surface area contributed by atoms with Crippen LogP contribution in [-0.2, 0) is 113 Å². The van der Waals surface area contributed by atoms with Crippen LogP contribution in [0.1, 0.15) is 65.4 Å². The minimum atomic E-state index is -3.27. The predicted molar refractivity (Wildman–Crippen MR) is 409 cm³/mol. The number of carbonyl (C=O) groups is 6. The van der Waals surface area contributed by atoms with E-state index in [0.717, 1.165) is 22.7 Å². The van der Waals surface area contributed by atoms with Crippen molar-refractivity contribution in [1.82, 2.24) is 0 Å². The van der Waals surface area contributed by atoms with Gasteiger partial charge in [0.25, 0.3) is 0 Å². The summed E-state index contributed by atoms with van der Waals surface area (Å²) < 4.78 is 38.7. The van der Waals surface area contributed by atoms with Crippen LogP contribution in [0.5, 0.6) is 0 Å². The first-order valence-electron chi connectivity index (χ1n) is 34.7. The van der Waals surface area contributed by atoms with Crippen molar-refractivity contribution in [3.8, 4) is 9.75 Å². The van der Waals surface area contributed by atoms with Gasteiger partial charge in [-0.1, -0.05) is 231 Å². The summed E-state index contributed by atoms with van der Waals surface area (Å²) >= 11 is 1.68. The molecule has 2 aromatic heterocycles. The Morgan fingerprint density at radius 3 is 0.716 bits per heavy atom. The summed E-state index contributed by atoms with van der Waals surface area (Å²) in [7, 11) is 0. The molecule has 0 saturated carbocycles. The Hall–Kier alpha value is -13.6. The molecule has 0 bridgehead atoms. The molecule has 12 aromatic carbocycles. The van der Waals surface area contributed by atoms with Crippen LogP contribution < -0.4 is 32.4 Å². The maximum atomic E-state index is 17.4. The van der Waals surface area contributed by atoms with E-state index in [-0.39, 0.29) is 41.1 Å². The Morgan fingerprint density at radius 1 is 0.275 bits per heavy atom. The van der Waals surface area contributed by atoms with Crippen molar-refractivity contribution in [2.24, 2.45) is 9.98 Å². The second-order valence-corrected chi connectivity index (χ2v) is 28.6. The standard InChI is InChI=1S/C89H56N2O16S2/c92-75-61-39-57-35-19-20-36-58(57)40-62(61)76(93)73(75)90-67-43-65-69(87(67,81(96)102-45-51-23-7-1-8-24-51)82(97)103-46-52-25-9-2-10-26-52)71-79(108-65)80-72(89(71,85(100)106-49-55-31-15-5-16-32-55)86(101)107-50-56-33-17-6-18-34-56)70-66(109-80)44-68(91-74-77(94)63-41-59-37-21-22-38-60(59)42-64(63)78(74)95)88(70,83(98)104-47-53-27-11-3-12-28-53)84(99)105-48-54-29-13-4-14-30-54/h1-44H,45-50H2. The van der Waals surface area contributed by atoms with Gasteiger partial charge in [-0.15, -0.1) is 22.7 Å². The molecule has 3 aliphatic rings. The van der Waals surface area contributed by atoms with E-state index in [0.29, 0.717) is 54.9 Å². The van der Waals surface area contributed by atoms with E-state index in [2.05, 4.69) is 0 Å². The fourth-order valence-electron chi connectivity index (χ4n) is 14.8. The average Bonchev–Trinajstić information content (AvgIpc) is 1.47. The third kappa shape index (κ3) is 11.4. The van der Waals surface area contributed by atoms with Gasteiger partial charge in [0, 0.05) is 53.6 Å². The van der Waals surface area contributed by atoms with Crippen molar-refractivity contribution in [3.63, 3.8) is 0 Å². The van der Waals surface area contributed by atoms with Crippen molar-refractivity contribution < 1.29 is 57.2 Å². The van der Waals surface area contributed by atoms with Gasteiger partial charge in [-0.2, -0.15) is 0 Å². The number of thiophene rings is 2. The summed E-state index contributed by atoms with van der Waals surface area (Å²) in [5.74, 6) is -8.57. The second-order valence-electron chi connectivity index (χ2n) is 26.5. The van der Waals surface area contributed by atoms with Crippen LogP contribution in [0, 0.1) is 0 Å². The molecular formula is C89H56N2O16S2. The molecule has 109 heavy (non-hydrogen) atoms. The van der Waals surface area contributed by atoms with Gasteiger partial charge in [0.1, 0.15) is 39.6 Å². The average molecular weight is 1470 g/mol. The van der Waals surface area contributed by atoms with Gasteiger partial charge >= 0.3 is 35.8 Å². The molecule has 0 fully saturated rings. The predicted octanol–water partition coefficient (Wildman–Crippen LogP) is 12.7. The summed E-state index contributed by atoms with van der Waals surface area (Å²) in [6.07, 6.45) is 2.60. The van der Waals surface area contributed by atoms with Gasteiger partial charge in [0.05, 0.1) is 21.1 Å². The number of benzene rings is 10. The number of carbonyl (C=O) groups excluding carboxylic acids is 6. The van der Waals surface area contributed by atoms with Crippen LogP contribution in [0.15, 0.2) is 295 Å². The molecule has 17 rings (SSSR count). The Kier molecular flexibility index (Phi) is 17.4. The Bertz CT molecular complexity index is 5890. The molecule has 0 N–H and O–H groups in total. The van der Waals surface area contributed by atoms with Gasteiger partial charge < -0.3 is 28.4 Å². The molecule has 530 valence electrons. The Labute approximate surface area is 626 Å². The van der Waals surface area contributed by atoms with E-state index in [1.54, 1.807) is 255 Å².